The van der Waals surface area contributed by atoms with Crippen molar-refractivity contribution in [2.24, 2.45) is 0 Å². The number of anilines is 4. The summed E-state index contributed by atoms with van der Waals surface area (Å²) in [6, 6.07) is 16.5. The largest absolute Gasteiger partial charge is 0.465 e. The monoisotopic (exact) mass is 434 g/mol. The summed E-state index contributed by atoms with van der Waals surface area (Å²) in [5, 5.41) is 14.9. The van der Waals surface area contributed by atoms with Crippen LogP contribution in [0, 0.1) is 10.1 Å². The Hall–Kier alpha value is -4.21. The van der Waals surface area contributed by atoms with Crippen molar-refractivity contribution in [3.05, 3.63) is 76.6 Å². The normalized spacial score (nSPS) is 13.5. The van der Waals surface area contributed by atoms with Crippen LogP contribution >= 0.6 is 0 Å². The molecule has 10 heteroatoms. The average molecular weight is 434 g/mol. The zero-order valence-electron chi connectivity index (χ0n) is 17.5. The molecule has 0 unspecified atom stereocenters. The first-order valence-electron chi connectivity index (χ1n) is 10.1. The number of methoxy groups -OCH3 is 1. The summed E-state index contributed by atoms with van der Waals surface area (Å²) < 4.78 is 4.69. The summed E-state index contributed by atoms with van der Waals surface area (Å²) in [5.41, 5.74) is 1.88. The zero-order chi connectivity index (χ0) is 22.5. The maximum atomic E-state index is 11.9. The molecule has 1 saturated heterocycles. The van der Waals surface area contributed by atoms with Gasteiger partial charge in [0.15, 0.2) is 0 Å². The summed E-state index contributed by atoms with van der Waals surface area (Å²) in [4.78, 5) is 35.5. The van der Waals surface area contributed by atoms with Gasteiger partial charge >= 0.3 is 11.7 Å². The van der Waals surface area contributed by atoms with Gasteiger partial charge in [-0.3, -0.25) is 10.1 Å². The number of para-hydroxylation sites is 1. The van der Waals surface area contributed by atoms with E-state index in [0.717, 1.165) is 18.8 Å². The van der Waals surface area contributed by atoms with Gasteiger partial charge in [-0.1, -0.05) is 18.2 Å². The predicted octanol–water partition coefficient (Wildman–Crippen LogP) is 3.24. The second kappa shape index (κ2) is 9.29. The van der Waals surface area contributed by atoms with Gasteiger partial charge in [-0.15, -0.1) is 0 Å². The topological polar surface area (TPSA) is 114 Å². The highest BCUT2D eigenvalue weighted by Gasteiger charge is 2.29. The van der Waals surface area contributed by atoms with Crippen molar-refractivity contribution in [2.45, 2.75) is 0 Å². The first-order chi connectivity index (χ1) is 15.6. The Bertz CT molecular complexity index is 1100. The van der Waals surface area contributed by atoms with Crippen molar-refractivity contribution in [3.8, 4) is 0 Å². The molecule has 0 aliphatic carbocycles. The van der Waals surface area contributed by atoms with E-state index >= 15 is 0 Å². The van der Waals surface area contributed by atoms with E-state index in [-0.39, 0.29) is 17.3 Å². The zero-order valence-corrected chi connectivity index (χ0v) is 17.5. The maximum absolute atomic E-state index is 11.9. The SMILES string of the molecule is COC(=O)c1ccc(Nc2ncnc(N3CCN(c4ccccc4)CC3)c2[N+](=O)[O-])cc1. The number of carbonyl (C=O) groups excluding carboxylic acids is 1. The highest BCUT2D eigenvalue weighted by Crippen LogP contribution is 2.34. The van der Waals surface area contributed by atoms with Gasteiger partial charge in [0.05, 0.1) is 17.6 Å². The highest BCUT2D eigenvalue weighted by atomic mass is 16.6. The summed E-state index contributed by atoms with van der Waals surface area (Å²) >= 11 is 0. The van der Waals surface area contributed by atoms with Gasteiger partial charge in [0.25, 0.3) is 0 Å². The lowest BCUT2D eigenvalue weighted by Crippen LogP contribution is -2.47. The molecule has 3 aromatic rings. The number of nitrogens with zero attached hydrogens (tertiary/aromatic N) is 5. The lowest BCUT2D eigenvalue weighted by Gasteiger charge is -2.36. The van der Waals surface area contributed by atoms with E-state index < -0.39 is 10.9 Å². The van der Waals surface area contributed by atoms with Crippen molar-refractivity contribution in [2.75, 3.05) is 48.4 Å². The average Bonchev–Trinajstić information content (AvgIpc) is 2.84. The molecular weight excluding hydrogens is 412 g/mol. The van der Waals surface area contributed by atoms with Crippen molar-refractivity contribution in [1.82, 2.24) is 9.97 Å². The van der Waals surface area contributed by atoms with Crippen molar-refractivity contribution in [3.63, 3.8) is 0 Å². The fourth-order valence-electron chi connectivity index (χ4n) is 3.62. The number of benzene rings is 2. The van der Waals surface area contributed by atoms with Gasteiger partial charge in [-0.25, -0.2) is 14.8 Å². The Balaban J connectivity index is 1.54. The van der Waals surface area contributed by atoms with Crippen LogP contribution < -0.4 is 15.1 Å². The number of esters is 1. The van der Waals surface area contributed by atoms with Crippen molar-refractivity contribution < 1.29 is 14.5 Å². The summed E-state index contributed by atoms with van der Waals surface area (Å²) in [6.07, 6.45) is 1.32. The molecule has 164 valence electrons. The van der Waals surface area contributed by atoms with Crippen LogP contribution in [0.3, 0.4) is 0 Å². The molecule has 4 rings (SSSR count). The molecule has 0 amide bonds. The number of nitro groups is 1. The molecule has 0 saturated carbocycles. The number of piperazine rings is 1. The van der Waals surface area contributed by atoms with Gasteiger partial charge < -0.3 is 19.9 Å². The van der Waals surface area contributed by atoms with E-state index in [1.54, 1.807) is 24.3 Å². The van der Waals surface area contributed by atoms with Crippen LogP contribution in [0.4, 0.5) is 28.7 Å². The number of aromatic nitrogens is 2. The molecule has 0 atom stereocenters. The van der Waals surface area contributed by atoms with Crippen molar-refractivity contribution in [1.29, 1.82) is 0 Å². The third-order valence-electron chi connectivity index (χ3n) is 5.25. The van der Waals surface area contributed by atoms with Gasteiger partial charge in [-0.05, 0) is 36.4 Å². The van der Waals surface area contributed by atoms with Crippen LogP contribution in [0.2, 0.25) is 0 Å². The minimum Gasteiger partial charge on any atom is -0.465 e. The molecule has 2 aromatic carbocycles. The Morgan fingerprint density at radius 2 is 1.66 bits per heavy atom. The molecule has 32 heavy (non-hydrogen) atoms. The number of carbonyl (C=O) groups is 1. The Morgan fingerprint density at radius 3 is 2.28 bits per heavy atom. The number of ether oxygens (including phenoxy) is 1. The van der Waals surface area contributed by atoms with Gasteiger partial charge in [0, 0.05) is 37.6 Å². The number of hydrogen-bond acceptors (Lipinski definition) is 9. The molecule has 1 fully saturated rings. The minimum atomic E-state index is -0.468. The molecule has 0 spiro atoms. The van der Waals surface area contributed by atoms with E-state index in [0.29, 0.717) is 24.3 Å². The molecule has 1 aromatic heterocycles. The van der Waals surface area contributed by atoms with Crippen LogP contribution in [-0.4, -0.2) is 54.1 Å². The molecule has 2 heterocycles. The van der Waals surface area contributed by atoms with Crippen LogP contribution in [-0.2, 0) is 4.74 Å². The van der Waals surface area contributed by atoms with Gasteiger partial charge in [0.2, 0.25) is 11.6 Å². The van der Waals surface area contributed by atoms with E-state index in [1.165, 1.54) is 13.4 Å². The lowest BCUT2D eigenvalue weighted by molar-refractivity contribution is -0.383. The first-order valence-corrected chi connectivity index (χ1v) is 10.1. The summed E-state index contributed by atoms with van der Waals surface area (Å²) in [7, 11) is 1.31. The van der Waals surface area contributed by atoms with Gasteiger partial charge in [-0.2, -0.15) is 0 Å². The summed E-state index contributed by atoms with van der Waals surface area (Å²) in [5.74, 6) is -0.0794. The first kappa shape index (κ1) is 21.0. The fraction of sp³-hybridized carbons (Fsp3) is 0.227. The van der Waals surface area contributed by atoms with Crippen LogP contribution in [0.1, 0.15) is 10.4 Å². The third-order valence-corrected chi connectivity index (χ3v) is 5.25. The van der Waals surface area contributed by atoms with E-state index in [9.17, 15) is 14.9 Å². The molecule has 1 aliphatic rings. The number of rotatable bonds is 6. The highest BCUT2D eigenvalue weighted by molar-refractivity contribution is 5.90. The standard InChI is InChI=1S/C22H22N6O4/c1-32-22(29)16-7-9-17(10-8-16)25-20-19(28(30)31)21(24-15-23-20)27-13-11-26(12-14-27)18-5-3-2-4-6-18/h2-10,15H,11-14H2,1H3,(H,23,24,25). The van der Waals surface area contributed by atoms with Crippen LogP contribution in [0.5, 0.6) is 0 Å². The fourth-order valence-corrected chi connectivity index (χ4v) is 3.62. The smallest absolute Gasteiger partial charge is 0.353 e. The van der Waals surface area contributed by atoms with Crippen molar-refractivity contribution >= 4 is 34.7 Å². The number of nitrogens with one attached hydrogen (secondary N) is 1. The van der Waals surface area contributed by atoms with Crippen LogP contribution in [0.15, 0.2) is 60.9 Å². The second-order valence-corrected chi connectivity index (χ2v) is 7.16. The molecule has 0 bridgehead atoms. The Kier molecular flexibility index (Phi) is 6.11. The van der Waals surface area contributed by atoms with Crippen LogP contribution in [0.25, 0.3) is 0 Å². The second-order valence-electron chi connectivity index (χ2n) is 7.16. The molecule has 0 radical (unpaired) electrons. The predicted molar refractivity (Wildman–Crippen MR) is 121 cm³/mol. The van der Waals surface area contributed by atoms with E-state index in [2.05, 4.69) is 37.1 Å². The summed E-state index contributed by atoms with van der Waals surface area (Å²) in [6.45, 7) is 2.64. The number of hydrogen-bond donors (Lipinski definition) is 1. The Labute approximate surface area is 184 Å². The minimum absolute atomic E-state index is 0.0938. The maximum Gasteiger partial charge on any atom is 0.353 e. The quantitative estimate of drug-likeness (QED) is 0.355. The third kappa shape index (κ3) is 4.43. The van der Waals surface area contributed by atoms with E-state index in [1.807, 2.05) is 23.1 Å². The van der Waals surface area contributed by atoms with E-state index in [4.69, 9.17) is 0 Å². The molecule has 1 N–H and O–H groups in total. The Morgan fingerprint density at radius 1 is 1.00 bits per heavy atom. The lowest BCUT2D eigenvalue weighted by atomic mass is 10.2. The van der Waals surface area contributed by atoms with Gasteiger partial charge in [0.1, 0.15) is 6.33 Å². The molecule has 1 aliphatic heterocycles. The molecular formula is C22H22N6O4. The molecule has 10 nitrogen and oxygen atoms in total.